The van der Waals surface area contributed by atoms with Gasteiger partial charge in [-0.15, -0.1) is 0 Å². The van der Waals surface area contributed by atoms with Crippen LogP contribution in [0.25, 0.3) is 0 Å². The summed E-state index contributed by atoms with van der Waals surface area (Å²) in [6.45, 7) is 0.577. The predicted molar refractivity (Wildman–Crippen MR) is 108 cm³/mol. The van der Waals surface area contributed by atoms with Gasteiger partial charge in [0.2, 0.25) is 5.91 Å². The number of nitrogens with one attached hydrogen (secondary N) is 1. The number of carbonyl (C=O) groups is 3. The second kappa shape index (κ2) is 9.73. The van der Waals surface area contributed by atoms with Crippen LogP contribution < -0.4 is 10.1 Å². The lowest BCUT2D eigenvalue weighted by molar-refractivity contribution is -0.137. The van der Waals surface area contributed by atoms with Crippen LogP contribution in [0.1, 0.15) is 23.2 Å². The maximum Gasteiger partial charge on any atom is 0.342 e. The molecule has 3 rings (SSSR count). The SMILES string of the molecule is COc1ccccc1C(=O)OCC(=O)N1CCC(C(=O)Nc2ccccc2)CC1. The van der Waals surface area contributed by atoms with Gasteiger partial charge < -0.3 is 19.7 Å². The number of hydrogen-bond acceptors (Lipinski definition) is 5. The molecule has 7 heteroatoms. The van der Waals surface area contributed by atoms with E-state index in [9.17, 15) is 14.4 Å². The van der Waals surface area contributed by atoms with Crippen LogP contribution in [0.2, 0.25) is 0 Å². The Balaban J connectivity index is 1.45. The van der Waals surface area contributed by atoms with Crippen molar-refractivity contribution in [1.82, 2.24) is 4.90 Å². The number of para-hydroxylation sites is 2. The number of benzene rings is 2. The summed E-state index contributed by atoms with van der Waals surface area (Å²) in [5.41, 5.74) is 1.04. The molecule has 2 aromatic carbocycles. The third-order valence-corrected chi connectivity index (χ3v) is 4.91. The molecule has 0 spiro atoms. The summed E-state index contributed by atoms with van der Waals surface area (Å²) < 4.78 is 10.3. The summed E-state index contributed by atoms with van der Waals surface area (Å²) in [5.74, 6) is -0.653. The van der Waals surface area contributed by atoms with Crippen molar-refractivity contribution in [2.75, 3.05) is 32.1 Å². The van der Waals surface area contributed by atoms with Gasteiger partial charge in [-0.25, -0.2) is 4.79 Å². The van der Waals surface area contributed by atoms with E-state index in [2.05, 4.69) is 5.32 Å². The summed E-state index contributed by atoms with van der Waals surface area (Å²) in [4.78, 5) is 38.6. The third-order valence-electron chi connectivity index (χ3n) is 4.91. The Hall–Kier alpha value is -3.35. The Bertz CT molecular complexity index is 861. The van der Waals surface area contributed by atoms with Gasteiger partial charge in [-0.3, -0.25) is 9.59 Å². The topological polar surface area (TPSA) is 84.9 Å². The normalized spacial score (nSPS) is 14.2. The molecule has 1 aliphatic rings. The van der Waals surface area contributed by atoms with Crippen LogP contribution in [0.15, 0.2) is 54.6 Å². The van der Waals surface area contributed by atoms with Gasteiger partial charge in [-0.05, 0) is 37.1 Å². The molecular weight excluding hydrogens is 372 g/mol. The lowest BCUT2D eigenvalue weighted by Gasteiger charge is -2.31. The molecule has 7 nitrogen and oxygen atoms in total. The number of piperidine rings is 1. The standard InChI is InChI=1S/C22H24N2O5/c1-28-19-10-6-5-9-18(19)22(27)29-15-20(25)24-13-11-16(12-14-24)21(26)23-17-7-3-2-4-8-17/h2-10,16H,11-15H2,1H3,(H,23,26). The van der Waals surface area contributed by atoms with E-state index in [4.69, 9.17) is 9.47 Å². The van der Waals surface area contributed by atoms with E-state index < -0.39 is 5.97 Å². The Morgan fingerprint density at radius 3 is 2.34 bits per heavy atom. The maximum atomic E-state index is 12.4. The van der Waals surface area contributed by atoms with Gasteiger partial charge in [0.1, 0.15) is 11.3 Å². The van der Waals surface area contributed by atoms with Crippen molar-refractivity contribution in [3.05, 3.63) is 60.2 Å². The molecule has 1 aliphatic heterocycles. The van der Waals surface area contributed by atoms with Crippen molar-refractivity contribution >= 4 is 23.5 Å². The predicted octanol–water partition coefficient (Wildman–Crippen LogP) is 2.73. The van der Waals surface area contributed by atoms with E-state index in [1.54, 1.807) is 29.2 Å². The number of anilines is 1. The Kier molecular flexibility index (Phi) is 6.84. The number of methoxy groups -OCH3 is 1. The molecule has 1 N–H and O–H groups in total. The van der Waals surface area contributed by atoms with Crippen LogP contribution in [0.5, 0.6) is 5.75 Å². The molecule has 1 heterocycles. The zero-order chi connectivity index (χ0) is 20.6. The van der Waals surface area contributed by atoms with Crippen LogP contribution >= 0.6 is 0 Å². The smallest absolute Gasteiger partial charge is 0.342 e. The Morgan fingerprint density at radius 2 is 1.66 bits per heavy atom. The van der Waals surface area contributed by atoms with E-state index in [0.29, 0.717) is 31.7 Å². The lowest BCUT2D eigenvalue weighted by Crippen LogP contribution is -2.43. The number of esters is 1. The fourth-order valence-electron chi connectivity index (χ4n) is 3.27. The Labute approximate surface area is 169 Å². The molecule has 0 aromatic heterocycles. The molecule has 0 unspecified atom stereocenters. The highest BCUT2D eigenvalue weighted by Gasteiger charge is 2.28. The second-order valence-electron chi connectivity index (χ2n) is 6.79. The average Bonchev–Trinajstić information content (AvgIpc) is 2.78. The highest BCUT2D eigenvalue weighted by Crippen LogP contribution is 2.21. The fourth-order valence-corrected chi connectivity index (χ4v) is 3.27. The second-order valence-corrected chi connectivity index (χ2v) is 6.79. The van der Waals surface area contributed by atoms with Crippen molar-refractivity contribution in [1.29, 1.82) is 0 Å². The first-order valence-electron chi connectivity index (χ1n) is 9.52. The minimum absolute atomic E-state index is 0.0362. The monoisotopic (exact) mass is 396 g/mol. The number of rotatable bonds is 6. The van der Waals surface area contributed by atoms with E-state index in [1.165, 1.54) is 7.11 Å². The largest absolute Gasteiger partial charge is 0.496 e. The first kappa shape index (κ1) is 20.4. The third kappa shape index (κ3) is 5.34. The molecule has 0 aliphatic carbocycles. The van der Waals surface area contributed by atoms with Gasteiger partial charge in [0.25, 0.3) is 5.91 Å². The van der Waals surface area contributed by atoms with Crippen LogP contribution in [0, 0.1) is 5.92 Å². The number of likely N-dealkylation sites (tertiary alicyclic amines) is 1. The molecule has 2 aromatic rings. The molecule has 29 heavy (non-hydrogen) atoms. The first-order chi connectivity index (χ1) is 14.1. The van der Waals surface area contributed by atoms with E-state index in [1.807, 2.05) is 30.3 Å². The minimum atomic E-state index is -0.604. The lowest BCUT2D eigenvalue weighted by atomic mass is 9.95. The summed E-state index contributed by atoms with van der Waals surface area (Å²) in [6.07, 6.45) is 1.15. The van der Waals surface area contributed by atoms with Crippen molar-refractivity contribution in [2.24, 2.45) is 5.92 Å². The summed E-state index contributed by atoms with van der Waals surface area (Å²) in [7, 11) is 1.47. The molecule has 0 atom stereocenters. The van der Waals surface area contributed by atoms with Crippen molar-refractivity contribution < 1.29 is 23.9 Å². The number of carbonyl (C=O) groups excluding carboxylic acids is 3. The van der Waals surface area contributed by atoms with Gasteiger partial charge in [0.15, 0.2) is 6.61 Å². The zero-order valence-electron chi connectivity index (χ0n) is 16.3. The van der Waals surface area contributed by atoms with Crippen molar-refractivity contribution in [3.63, 3.8) is 0 Å². The molecule has 0 bridgehead atoms. The fraction of sp³-hybridized carbons (Fsp3) is 0.318. The van der Waals surface area contributed by atoms with Crippen LogP contribution in [0.3, 0.4) is 0 Å². The highest BCUT2D eigenvalue weighted by molar-refractivity contribution is 5.94. The molecule has 1 saturated heterocycles. The number of nitrogens with zero attached hydrogens (tertiary/aromatic N) is 1. The molecule has 0 radical (unpaired) electrons. The Morgan fingerprint density at radius 1 is 1.00 bits per heavy atom. The van der Waals surface area contributed by atoms with E-state index in [-0.39, 0.29) is 29.9 Å². The van der Waals surface area contributed by atoms with Crippen molar-refractivity contribution in [2.45, 2.75) is 12.8 Å². The molecular formula is C22H24N2O5. The molecule has 1 fully saturated rings. The van der Waals surface area contributed by atoms with Gasteiger partial charge in [0, 0.05) is 24.7 Å². The van der Waals surface area contributed by atoms with Crippen LogP contribution in [-0.4, -0.2) is 49.5 Å². The highest BCUT2D eigenvalue weighted by atomic mass is 16.5. The van der Waals surface area contributed by atoms with Crippen LogP contribution in [-0.2, 0) is 14.3 Å². The van der Waals surface area contributed by atoms with Gasteiger partial charge in [-0.1, -0.05) is 30.3 Å². The quantitative estimate of drug-likeness (QED) is 0.759. The van der Waals surface area contributed by atoms with Gasteiger partial charge in [0.05, 0.1) is 7.11 Å². The molecule has 152 valence electrons. The van der Waals surface area contributed by atoms with Gasteiger partial charge in [-0.2, -0.15) is 0 Å². The molecule has 0 saturated carbocycles. The number of amides is 2. The van der Waals surface area contributed by atoms with Crippen molar-refractivity contribution in [3.8, 4) is 5.75 Å². The minimum Gasteiger partial charge on any atom is -0.496 e. The first-order valence-corrected chi connectivity index (χ1v) is 9.52. The van der Waals surface area contributed by atoms with Gasteiger partial charge >= 0.3 is 5.97 Å². The summed E-state index contributed by atoms with van der Waals surface area (Å²) >= 11 is 0. The maximum absolute atomic E-state index is 12.4. The molecule has 2 amide bonds. The zero-order valence-corrected chi connectivity index (χ0v) is 16.3. The van der Waals surface area contributed by atoms with E-state index >= 15 is 0 Å². The number of ether oxygens (including phenoxy) is 2. The van der Waals surface area contributed by atoms with Crippen LogP contribution in [0.4, 0.5) is 5.69 Å². The summed E-state index contributed by atoms with van der Waals surface area (Å²) in [5, 5.41) is 2.90. The summed E-state index contributed by atoms with van der Waals surface area (Å²) in [6, 6.07) is 16.0. The van der Waals surface area contributed by atoms with E-state index in [0.717, 1.165) is 5.69 Å². The number of hydrogen-bond donors (Lipinski definition) is 1. The average molecular weight is 396 g/mol.